The smallest absolute Gasteiger partial charge is 0.191 e. The summed E-state index contributed by atoms with van der Waals surface area (Å²) in [4.78, 5) is 17.0. The van der Waals surface area contributed by atoms with E-state index in [1.807, 2.05) is 18.2 Å². The average molecular weight is 457 g/mol. The third-order valence-electron chi connectivity index (χ3n) is 6.21. The lowest BCUT2D eigenvalue weighted by Crippen LogP contribution is -2.49. The number of Topliss-reactive ketones (excluding diaryl/α,β-unsaturated/α-hetero) is 1. The van der Waals surface area contributed by atoms with Crippen LogP contribution in [0.5, 0.6) is 17.2 Å². The Morgan fingerprint density at radius 1 is 1.06 bits per heavy atom. The fraction of sp³-hybridized carbons (Fsp3) is 0.480. The molecule has 1 fully saturated rings. The van der Waals surface area contributed by atoms with Crippen LogP contribution >= 0.6 is 0 Å². The molecular formula is C25H32N2O6. The monoisotopic (exact) mass is 456 g/mol. The van der Waals surface area contributed by atoms with Crippen LogP contribution in [0.3, 0.4) is 0 Å². The van der Waals surface area contributed by atoms with E-state index < -0.39 is 12.2 Å². The number of β-amino-alcohol motifs (C(OH)–C–C–N with tert-alkyl or cyclic N) is 1. The molecule has 0 saturated carbocycles. The van der Waals surface area contributed by atoms with Crippen LogP contribution in [0.15, 0.2) is 36.4 Å². The first-order chi connectivity index (χ1) is 16.0. The summed E-state index contributed by atoms with van der Waals surface area (Å²) in [5.41, 5.74) is 2.47. The van der Waals surface area contributed by atoms with Gasteiger partial charge in [0.05, 0.1) is 26.5 Å². The Kier molecular flexibility index (Phi) is 7.37. The third-order valence-corrected chi connectivity index (χ3v) is 6.21. The molecule has 0 aliphatic carbocycles. The number of aliphatic hydroxyl groups excluding tert-OH is 1. The molecule has 0 aromatic heterocycles. The molecule has 33 heavy (non-hydrogen) atoms. The molecule has 8 heteroatoms. The number of rotatable bonds is 8. The lowest BCUT2D eigenvalue weighted by molar-refractivity contribution is 0.0333. The molecule has 0 spiro atoms. The lowest BCUT2D eigenvalue weighted by atomic mass is 9.97. The first kappa shape index (κ1) is 23.4. The minimum absolute atomic E-state index is 0.0720. The molecule has 178 valence electrons. The van der Waals surface area contributed by atoms with Crippen molar-refractivity contribution in [3.8, 4) is 17.2 Å². The van der Waals surface area contributed by atoms with Crippen molar-refractivity contribution in [3.05, 3.63) is 47.5 Å². The molecule has 1 N–H and O–H groups in total. The fourth-order valence-corrected chi connectivity index (χ4v) is 4.33. The van der Waals surface area contributed by atoms with E-state index in [4.69, 9.17) is 18.9 Å². The molecule has 2 heterocycles. The van der Waals surface area contributed by atoms with Crippen molar-refractivity contribution in [2.24, 2.45) is 0 Å². The maximum absolute atomic E-state index is 12.4. The van der Waals surface area contributed by atoms with Gasteiger partial charge < -0.3 is 29.0 Å². The van der Waals surface area contributed by atoms with Crippen LogP contribution in [0.1, 0.15) is 22.8 Å². The highest BCUT2D eigenvalue weighted by Crippen LogP contribution is 2.34. The Hall–Kier alpha value is -2.81. The quantitative estimate of drug-likeness (QED) is 0.649. The maximum Gasteiger partial charge on any atom is 0.191 e. The summed E-state index contributed by atoms with van der Waals surface area (Å²) in [6.45, 7) is 6.12. The number of methoxy groups -OCH3 is 2. The summed E-state index contributed by atoms with van der Waals surface area (Å²) < 4.78 is 22.3. The van der Waals surface area contributed by atoms with Gasteiger partial charge in [0.2, 0.25) is 0 Å². The van der Waals surface area contributed by atoms with Crippen LogP contribution in [0, 0.1) is 0 Å². The third kappa shape index (κ3) is 5.24. The van der Waals surface area contributed by atoms with Crippen molar-refractivity contribution in [3.63, 3.8) is 0 Å². The number of carbonyl (C=O) groups excluding carboxylic acids is 1. The minimum atomic E-state index is -0.665. The molecule has 2 aliphatic heterocycles. The van der Waals surface area contributed by atoms with Crippen molar-refractivity contribution in [1.82, 2.24) is 4.90 Å². The zero-order valence-corrected chi connectivity index (χ0v) is 19.5. The van der Waals surface area contributed by atoms with Crippen LogP contribution in [0.25, 0.3) is 0 Å². The van der Waals surface area contributed by atoms with Gasteiger partial charge in [-0.1, -0.05) is 12.1 Å². The lowest BCUT2D eigenvalue weighted by Gasteiger charge is -2.37. The van der Waals surface area contributed by atoms with Crippen LogP contribution in [-0.4, -0.2) is 81.5 Å². The van der Waals surface area contributed by atoms with E-state index in [2.05, 4.69) is 15.9 Å². The van der Waals surface area contributed by atoms with E-state index >= 15 is 0 Å². The van der Waals surface area contributed by atoms with Gasteiger partial charge in [-0.2, -0.15) is 0 Å². The largest absolute Gasteiger partial charge is 0.495 e. The van der Waals surface area contributed by atoms with Gasteiger partial charge in [-0.15, -0.1) is 0 Å². The predicted molar refractivity (Wildman–Crippen MR) is 125 cm³/mol. The van der Waals surface area contributed by atoms with E-state index in [-0.39, 0.29) is 12.4 Å². The summed E-state index contributed by atoms with van der Waals surface area (Å²) in [5.74, 6) is 1.78. The number of aliphatic hydroxyl groups is 1. The Morgan fingerprint density at radius 3 is 2.52 bits per heavy atom. The van der Waals surface area contributed by atoms with E-state index in [1.165, 1.54) is 0 Å². The molecule has 0 radical (unpaired) electrons. The average Bonchev–Trinajstić information content (AvgIpc) is 2.85. The van der Waals surface area contributed by atoms with E-state index in [0.29, 0.717) is 30.2 Å². The molecule has 4 rings (SSSR count). The van der Waals surface area contributed by atoms with Crippen molar-refractivity contribution in [2.45, 2.75) is 25.7 Å². The predicted octanol–water partition coefficient (Wildman–Crippen LogP) is 2.37. The highest BCUT2D eigenvalue weighted by Gasteiger charge is 2.27. The van der Waals surface area contributed by atoms with E-state index in [9.17, 15) is 9.90 Å². The molecule has 2 atom stereocenters. The van der Waals surface area contributed by atoms with Crippen LogP contribution in [0.4, 0.5) is 5.69 Å². The number of anilines is 1. The number of ketones is 1. The number of hydrogen-bond donors (Lipinski definition) is 1. The normalized spacial score (nSPS) is 19.7. The number of ether oxygens (including phenoxy) is 4. The second-order valence-corrected chi connectivity index (χ2v) is 8.40. The minimum Gasteiger partial charge on any atom is -0.495 e. The second-order valence-electron chi connectivity index (χ2n) is 8.40. The van der Waals surface area contributed by atoms with Gasteiger partial charge in [0.15, 0.2) is 17.3 Å². The number of para-hydroxylation sites is 2. The molecule has 2 aromatic carbocycles. The van der Waals surface area contributed by atoms with E-state index in [1.54, 1.807) is 33.3 Å². The van der Waals surface area contributed by atoms with Gasteiger partial charge in [-0.25, -0.2) is 0 Å². The van der Waals surface area contributed by atoms with E-state index in [0.717, 1.165) is 43.2 Å². The summed E-state index contributed by atoms with van der Waals surface area (Å²) in [5, 5.41) is 10.6. The van der Waals surface area contributed by atoms with Crippen molar-refractivity contribution < 1.29 is 28.8 Å². The molecule has 0 bridgehead atoms. The molecule has 8 nitrogen and oxygen atoms in total. The number of nitrogens with zero attached hydrogens (tertiary/aromatic N) is 2. The summed E-state index contributed by atoms with van der Waals surface area (Å²) in [7, 11) is 3.24. The van der Waals surface area contributed by atoms with Gasteiger partial charge in [-0.3, -0.25) is 9.69 Å². The number of hydrogen-bond acceptors (Lipinski definition) is 8. The number of fused-ring (bicyclic) bond motifs is 1. The van der Waals surface area contributed by atoms with Crippen molar-refractivity contribution in [2.75, 3.05) is 58.5 Å². The Bertz CT molecular complexity index is 973. The Morgan fingerprint density at radius 2 is 1.79 bits per heavy atom. The van der Waals surface area contributed by atoms with Gasteiger partial charge in [0.25, 0.3) is 0 Å². The van der Waals surface area contributed by atoms with Crippen LogP contribution < -0.4 is 19.1 Å². The first-order valence-corrected chi connectivity index (χ1v) is 11.3. The topological polar surface area (TPSA) is 80.7 Å². The molecule has 2 aromatic rings. The fourth-order valence-electron chi connectivity index (χ4n) is 4.33. The van der Waals surface area contributed by atoms with Crippen LogP contribution in [-0.2, 0) is 11.3 Å². The number of benzene rings is 2. The zero-order chi connectivity index (χ0) is 23.4. The van der Waals surface area contributed by atoms with Gasteiger partial charge in [-0.05, 0) is 36.8 Å². The highest BCUT2D eigenvalue weighted by atomic mass is 16.5. The number of piperazine rings is 1. The Labute approximate surface area is 194 Å². The van der Waals surface area contributed by atoms with Crippen LogP contribution in [0.2, 0.25) is 0 Å². The summed E-state index contributed by atoms with van der Waals surface area (Å²) in [6.07, 6.45) is -1.14. The van der Waals surface area contributed by atoms with Gasteiger partial charge in [0.1, 0.15) is 24.6 Å². The standard InChI is InChI=1S/C25H32N2O6/c1-17-25(29)20-13-24(23(31-3)12-18(20)15-32-17)33-16-19(28)14-26-8-10-27(11-9-26)21-6-4-5-7-22(21)30-2/h4-7,12-13,17,19,28H,8-11,14-16H2,1-3H3. The Balaban J connectivity index is 1.31. The second kappa shape index (κ2) is 10.4. The zero-order valence-electron chi connectivity index (χ0n) is 19.5. The highest BCUT2D eigenvalue weighted by molar-refractivity contribution is 6.01. The molecule has 1 saturated heterocycles. The first-order valence-electron chi connectivity index (χ1n) is 11.3. The maximum atomic E-state index is 12.4. The van der Waals surface area contributed by atoms with Crippen molar-refractivity contribution in [1.29, 1.82) is 0 Å². The number of carbonyl (C=O) groups is 1. The molecule has 0 amide bonds. The summed E-state index contributed by atoms with van der Waals surface area (Å²) in [6, 6.07) is 11.5. The van der Waals surface area contributed by atoms with Gasteiger partial charge >= 0.3 is 0 Å². The van der Waals surface area contributed by atoms with Gasteiger partial charge in [0, 0.05) is 38.3 Å². The molecule has 2 unspecified atom stereocenters. The summed E-state index contributed by atoms with van der Waals surface area (Å²) >= 11 is 0. The molecular weight excluding hydrogens is 424 g/mol. The molecule has 2 aliphatic rings. The van der Waals surface area contributed by atoms with Crippen molar-refractivity contribution >= 4 is 11.5 Å². The SMILES string of the molecule is COc1cc2c(cc1OCC(O)CN1CCN(c3ccccc3OC)CC1)C(=O)C(C)OC2.